The van der Waals surface area contributed by atoms with Crippen LogP contribution in [0.2, 0.25) is 0 Å². The van der Waals surface area contributed by atoms with Gasteiger partial charge in [-0.2, -0.15) is 0 Å². The fourth-order valence-electron chi connectivity index (χ4n) is 2.39. The van der Waals surface area contributed by atoms with E-state index in [-0.39, 0.29) is 5.69 Å². The van der Waals surface area contributed by atoms with E-state index in [1.54, 1.807) is 28.6 Å². The standard InChI is InChI=1S/C16H22BN3O5/c1-16(2,3)25-15(23)20-6-4-5-11(20)14(22)24-9-12(21)10-7-19-13(17)8-18-10/h7-8,11H,4-6,9,17H2,1-3H3/t11-/m0/s1. The molecule has 0 bridgehead atoms. The smallest absolute Gasteiger partial charge is 0.411 e. The van der Waals surface area contributed by atoms with Gasteiger partial charge in [0.15, 0.2) is 14.5 Å². The van der Waals surface area contributed by atoms with Crippen LogP contribution in [0.4, 0.5) is 4.79 Å². The molecular formula is C16H22BN3O5. The molecule has 8 nitrogen and oxygen atoms in total. The largest absolute Gasteiger partial charge is 0.456 e. The molecule has 1 saturated heterocycles. The second-order valence-corrected chi connectivity index (χ2v) is 6.91. The first-order chi connectivity index (χ1) is 11.7. The van der Waals surface area contributed by atoms with Crippen molar-refractivity contribution in [3.8, 4) is 0 Å². The molecule has 1 aliphatic rings. The molecule has 1 fully saturated rings. The maximum absolute atomic E-state index is 12.3. The SMILES string of the molecule is Bc1cnc(C(=O)COC(=O)[C@@H]2CCCN2C(=O)OC(C)(C)C)cn1. The maximum Gasteiger partial charge on any atom is 0.411 e. The van der Waals surface area contributed by atoms with Gasteiger partial charge in [-0.25, -0.2) is 9.59 Å². The lowest BCUT2D eigenvalue weighted by Crippen LogP contribution is -2.44. The first-order valence-electron chi connectivity index (χ1n) is 8.15. The van der Waals surface area contributed by atoms with E-state index < -0.39 is 36.1 Å². The lowest BCUT2D eigenvalue weighted by Gasteiger charge is -2.27. The van der Waals surface area contributed by atoms with Gasteiger partial charge in [0.25, 0.3) is 0 Å². The van der Waals surface area contributed by atoms with Crippen molar-refractivity contribution in [1.82, 2.24) is 14.9 Å². The number of amides is 1. The zero-order valence-electron chi connectivity index (χ0n) is 14.9. The van der Waals surface area contributed by atoms with Gasteiger partial charge in [0, 0.05) is 18.3 Å². The van der Waals surface area contributed by atoms with Crippen LogP contribution < -0.4 is 5.59 Å². The molecule has 0 saturated carbocycles. The van der Waals surface area contributed by atoms with Crippen LogP contribution in [0.1, 0.15) is 44.1 Å². The van der Waals surface area contributed by atoms with Crippen LogP contribution in [0.5, 0.6) is 0 Å². The van der Waals surface area contributed by atoms with Crippen molar-refractivity contribution in [3.63, 3.8) is 0 Å². The molecule has 0 spiro atoms. The Morgan fingerprint density at radius 1 is 1.28 bits per heavy atom. The number of hydrogen-bond acceptors (Lipinski definition) is 7. The lowest BCUT2D eigenvalue weighted by molar-refractivity contribution is -0.147. The van der Waals surface area contributed by atoms with Crippen molar-refractivity contribution >= 4 is 31.3 Å². The Hall–Kier alpha value is -2.45. The highest BCUT2D eigenvalue weighted by Gasteiger charge is 2.37. The Morgan fingerprint density at radius 3 is 2.60 bits per heavy atom. The number of carbonyl (C=O) groups excluding carboxylic acids is 3. The monoisotopic (exact) mass is 347 g/mol. The second-order valence-electron chi connectivity index (χ2n) is 6.91. The number of ether oxygens (including phenoxy) is 2. The summed E-state index contributed by atoms with van der Waals surface area (Å²) in [5, 5.41) is 0. The first-order valence-corrected chi connectivity index (χ1v) is 8.15. The Kier molecular flexibility index (Phi) is 5.76. The van der Waals surface area contributed by atoms with E-state index >= 15 is 0 Å². The zero-order chi connectivity index (χ0) is 18.6. The van der Waals surface area contributed by atoms with E-state index in [2.05, 4.69) is 9.97 Å². The van der Waals surface area contributed by atoms with Crippen molar-refractivity contribution in [2.45, 2.75) is 45.3 Å². The summed E-state index contributed by atoms with van der Waals surface area (Å²) in [7, 11) is 1.76. The molecule has 134 valence electrons. The predicted molar refractivity (Wildman–Crippen MR) is 91.5 cm³/mol. The molecule has 1 aromatic rings. The van der Waals surface area contributed by atoms with Crippen LogP contribution in [-0.4, -0.2) is 65.4 Å². The van der Waals surface area contributed by atoms with Crippen LogP contribution in [-0.2, 0) is 14.3 Å². The molecular weight excluding hydrogens is 325 g/mol. The molecule has 1 amide bonds. The molecule has 1 atom stereocenters. The van der Waals surface area contributed by atoms with E-state index in [1.165, 1.54) is 17.3 Å². The molecule has 2 heterocycles. The molecule has 0 radical (unpaired) electrons. The van der Waals surface area contributed by atoms with Crippen molar-refractivity contribution in [1.29, 1.82) is 0 Å². The molecule has 1 aliphatic heterocycles. The summed E-state index contributed by atoms with van der Waals surface area (Å²) in [5.41, 5.74) is 0.176. The highest BCUT2D eigenvalue weighted by Crippen LogP contribution is 2.21. The number of likely N-dealkylation sites (tertiary alicyclic amines) is 1. The van der Waals surface area contributed by atoms with Gasteiger partial charge in [-0.1, -0.05) is 0 Å². The number of aromatic nitrogens is 2. The number of hydrogen-bond donors (Lipinski definition) is 0. The molecule has 2 rings (SSSR count). The van der Waals surface area contributed by atoms with Gasteiger partial charge in [0.05, 0.1) is 6.20 Å². The van der Waals surface area contributed by atoms with E-state index in [9.17, 15) is 14.4 Å². The third-order valence-electron chi connectivity index (χ3n) is 3.57. The van der Waals surface area contributed by atoms with Crippen molar-refractivity contribution < 1.29 is 23.9 Å². The number of rotatable bonds is 4. The number of esters is 1. The minimum Gasteiger partial charge on any atom is -0.456 e. The Balaban J connectivity index is 1.92. The van der Waals surface area contributed by atoms with Gasteiger partial charge in [0.1, 0.15) is 17.3 Å². The number of Topliss-reactive ketones (excluding diaryl/α,β-unsaturated/α-hetero) is 1. The minimum atomic E-state index is -0.730. The van der Waals surface area contributed by atoms with Crippen LogP contribution in [0, 0.1) is 0 Å². The average Bonchev–Trinajstić information content (AvgIpc) is 3.01. The van der Waals surface area contributed by atoms with Gasteiger partial charge >= 0.3 is 12.1 Å². The van der Waals surface area contributed by atoms with Gasteiger partial charge in [-0.05, 0) is 33.6 Å². The molecule has 9 heteroatoms. The average molecular weight is 347 g/mol. The third kappa shape index (κ3) is 5.27. The topological polar surface area (TPSA) is 98.7 Å². The second kappa shape index (κ2) is 7.63. The van der Waals surface area contributed by atoms with Crippen LogP contribution in [0.3, 0.4) is 0 Å². The summed E-state index contributed by atoms with van der Waals surface area (Å²) in [4.78, 5) is 45.7. The lowest BCUT2D eigenvalue weighted by atomic mass is 10.1. The van der Waals surface area contributed by atoms with E-state index in [0.29, 0.717) is 25.0 Å². The fourth-order valence-corrected chi connectivity index (χ4v) is 2.39. The van der Waals surface area contributed by atoms with Crippen LogP contribution in [0.15, 0.2) is 12.4 Å². The van der Waals surface area contributed by atoms with Crippen LogP contribution in [0.25, 0.3) is 0 Å². The normalized spacial score (nSPS) is 17.2. The molecule has 0 N–H and O–H groups in total. The quantitative estimate of drug-likeness (QED) is 0.425. The maximum atomic E-state index is 12.3. The molecule has 0 unspecified atom stereocenters. The van der Waals surface area contributed by atoms with Crippen molar-refractivity contribution in [3.05, 3.63) is 18.1 Å². The predicted octanol–water partition coefficient (Wildman–Crippen LogP) is -0.140. The first kappa shape index (κ1) is 18.9. The van der Waals surface area contributed by atoms with Gasteiger partial charge in [0.2, 0.25) is 5.78 Å². The number of carbonyl (C=O) groups is 3. The number of ketones is 1. The Labute approximate surface area is 147 Å². The highest BCUT2D eigenvalue weighted by molar-refractivity contribution is 6.30. The van der Waals surface area contributed by atoms with E-state index in [1.807, 2.05) is 0 Å². The summed E-state index contributed by atoms with van der Waals surface area (Å²) in [6.07, 6.45) is 3.42. The summed E-state index contributed by atoms with van der Waals surface area (Å²) in [6, 6.07) is -0.730. The number of nitrogens with zero attached hydrogens (tertiary/aromatic N) is 3. The van der Waals surface area contributed by atoms with Gasteiger partial charge < -0.3 is 9.47 Å². The molecule has 0 aliphatic carbocycles. The third-order valence-corrected chi connectivity index (χ3v) is 3.57. The Bertz CT molecular complexity index is 657. The van der Waals surface area contributed by atoms with Crippen LogP contribution >= 0.6 is 0 Å². The summed E-state index contributed by atoms with van der Waals surface area (Å²) < 4.78 is 10.4. The zero-order valence-corrected chi connectivity index (χ0v) is 14.9. The summed E-state index contributed by atoms with van der Waals surface area (Å²) in [5.74, 6) is -1.06. The summed E-state index contributed by atoms with van der Waals surface area (Å²) in [6.45, 7) is 5.27. The minimum absolute atomic E-state index is 0.133. The molecule has 0 aromatic carbocycles. The van der Waals surface area contributed by atoms with Crippen molar-refractivity contribution in [2.75, 3.05) is 13.2 Å². The van der Waals surface area contributed by atoms with Crippen molar-refractivity contribution in [2.24, 2.45) is 0 Å². The summed E-state index contributed by atoms with van der Waals surface area (Å²) >= 11 is 0. The van der Waals surface area contributed by atoms with Gasteiger partial charge in [-0.15, -0.1) is 0 Å². The Morgan fingerprint density at radius 2 is 2.00 bits per heavy atom. The molecule has 1 aromatic heterocycles. The highest BCUT2D eigenvalue weighted by atomic mass is 16.6. The molecule has 25 heavy (non-hydrogen) atoms. The van der Waals surface area contributed by atoms with E-state index in [4.69, 9.17) is 9.47 Å². The fraction of sp³-hybridized carbons (Fsp3) is 0.562. The van der Waals surface area contributed by atoms with E-state index in [0.717, 1.165) is 0 Å². The van der Waals surface area contributed by atoms with Gasteiger partial charge in [-0.3, -0.25) is 19.7 Å².